The van der Waals surface area contributed by atoms with Crippen molar-refractivity contribution in [1.82, 2.24) is 15.0 Å². The van der Waals surface area contributed by atoms with Crippen LogP contribution in [0.3, 0.4) is 0 Å². The molecule has 0 saturated carbocycles. The third-order valence-corrected chi connectivity index (χ3v) is 4.01. The van der Waals surface area contributed by atoms with Crippen LogP contribution in [0.25, 0.3) is 0 Å². The number of hydrogen-bond acceptors (Lipinski definition) is 4. The zero-order valence-electron chi connectivity index (χ0n) is 12.7. The van der Waals surface area contributed by atoms with Crippen LogP contribution in [0.5, 0.6) is 0 Å². The van der Waals surface area contributed by atoms with Crippen LogP contribution in [-0.4, -0.2) is 52.9 Å². The van der Waals surface area contributed by atoms with E-state index < -0.39 is 0 Å². The zero-order valence-corrected chi connectivity index (χ0v) is 13.4. The molecule has 6 nitrogen and oxygen atoms in total. The fourth-order valence-corrected chi connectivity index (χ4v) is 2.74. The topological polar surface area (TPSA) is 66.7 Å². The normalized spacial score (nSPS) is 14.9. The van der Waals surface area contributed by atoms with E-state index in [1.165, 1.54) is 0 Å². The van der Waals surface area contributed by atoms with Crippen molar-refractivity contribution in [2.24, 2.45) is 0 Å². The minimum Gasteiger partial charge on any atom is -0.361 e. The molecule has 0 unspecified atom stereocenters. The number of carbonyl (C=O) groups excluding carboxylic acids is 2. The zero-order chi connectivity index (χ0) is 16.4. The number of rotatable bonds is 2. The molecule has 2 amide bonds. The van der Waals surface area contributed by atoms with E-state index in [1.54, 1.807) is 47.1 Å². The first-order valence-electron chi connectivity index (χ1n) is 7.32. The lowest BCUT2D eigenvalue weighted by Crippen LogP contribution is -2.50. The Bertz CT molecular complexity index is 736. The Labute approximate surface area is 138 Å². The second kappa shape index (κ2) is 6.42. The fourth-order valence-electron chi connectivity index (χ4n) is 2.55. The molecule has 2 aromatic rings. The molecule has 3 rings (SSSR count). The molecule has 1 aliphatic heterocycles. The number of aryl methyl sites for hydroxylation is 1. The lowest BCUT2D eigenvalue weighted by atomic mass is 10.2. The van der Waals surface area contributed by atoms with Crippen molar-refractivity contribution < 1.29 is 14.1 Å². The van der Waals surface area contributed by atoms with Gasteiger partial charge in [0.05, 0.1) is 0 Å². The summed E-state index contributed by atoms with van der Waals surface area (Å²) in [5.41, 5.74) is 0.863. The summed E-state index contributed by atoms with van der Waals surface area (Å²) in [5, 5.41) is 4.27. The number of carbonyl (C=O) groups is 2. The number of halogens is 1. The van der Waals surface area contributed by atoms with E-state index in [0.717, 1.165) is 0 Å². The smallest absolute Gasteiger partial charge is 0.276 e. The first-order valence-corrected chi connectivity index (χ1v) is 7.70. The van der Waals surface area contributed by atoms with E-state index in [2.05, 4.69) is 5.16 Å². The number of hydrogen-bond donors (Lipinski definition) is 0. The van der Waals surface area contributed by atoms with E-state index in [0.29, 0.717) is 48.2 Å². The van der Waals surface area contributed by atoms with Crippen molar-refractivity contribution in [2.75, 3.05) is 26.2 Å². The van der Waals surface area contributed by atoms with Crippen molar-refractivity contribution >= 4 is 23.4 Å². The summed E-state index contributed by atoms with van der Waals surface area (Å²) in [6.45, 7) is 3.64. The predicted octanol–water partition coefficient (Wildman–Crippen LogP) is 2.23. The highest BCUT2D eigenvalue weighted by Crippen LogP contribution is 2.15. The standard InChI is InChI=1S/C16H16ClN3O3/c1-11-9-14(18-23-11)16(22)20-7-5-19(6-8-20)15(21)12-3-2-4-13(17)10-12/h2-4,9-10H,5-8H2,1H3. The number of amides is 2. The first kappa shape index (κ1) is 15.6. The molecule has 0 aliphatic carbocycles. The number of piperazine rings is 1. The molecule has 0 spiro atoms. The van der Waals surface area contributed by atoms with E-state index in [-0.39, 0.29) is 11.8 Å². The second-order valence-electron chi connectivity index (χ2n) is 5.42. The minimum atomic E-state index is -0.170. The number of aromatic nitrogens is 1. The second-order valence-corrected chi connectivity index (χ2v) is 5.85. The van der Waals surface area contributed by atoms with Crippen molar-refractivity contribution in [3.05, 3.63) is 52.4 Å². The highest BCUT2D eigenvalue weighted by Gasteiger charge is 2.26. The SMILES string of the molecule is Cc1cc(C(=O)N2CCN(C(=O)c3cccc(Cl)c3)CC2)no1. The van der Waals surface area contributed by atoms with Gasteiger partial charge in [-0.2, -0.15) is 0 Å². The van der Waals surface area contributed by atoms with Gasteiger partial charge in [0.15, 0.2) is 5.69 Å². The quantitative estimate of drug-likeness (QED) is 0.845. The van der Waals surface area contributed by atoms with Gasteiger partial charge in [0, 0.05) is 42.8 Å². The summed E-state index contributed by atoms with van der Waals surface area (Å²) in [6, 6.07) is 8.49. The van der Waals surface area contributed by atoms with Gasteiger partial charge in [0.25, 0.3) is 11.8 Å². The average Bonchev–Trinajstić information content (AvgIpc) is 3.00. The van der Waals surface area contributed by atoms with Crippen LogP contribution in [0.2, 0.25) is 5.02 Å². The Hall–Kier alpha value is -2.34. The molecule has 0 bridgehead atoms. The van der Waals surface area contributed by atoms with Crippen molar-refractivity contribution in [3.8, 4) is 0 Å². The van der Waals surface area contributed by atoms with Gasteiger partial charge in [0.2, 0.25) is 0 Å². The molecule has 23 heavy (non-hydrogen) atoms. The van der Waals surface area contributed by atoms with Gasteiger partial charge in [-0.05, 0) is 25.1 Å². The van der Waals surface area contributed by atoms with Gasteiger partial charge < -0.3 is 14.3 Å². The summed E-state index contributed by atoms with van der Waals surface area (Å²) >= 11 is 5.92. The number of benzene rings is 1. The van der Waals surface area contributed by atoms with Crippen LogP contribution in [0.15, 0.2) is 34.9 Å². The molecule has 1 aliphatic rings. The molecule has 1 aromatic heterocycles. The molecule has 0 atom stereocenters. The Morgan fingerprint density at radius 3 is 2.30 bits per heavy atom. The molecule has 2 heterocycles. The lowest BCUT2D eigenvalue weighted by molar-refractivity contribution is 0.0530. The number of nitrogens with zero attached hydrogens (tertiary/aromatic N) is 3. The lowest BCUT2D eigenvalue weighted by Gasteiger charge is -2.34. The Kier molecular flexibility index (Phi) is 4.34. The van der Waals surface area contributed by atoms with Gasteiger partial charge in [-0.25, -0.2) is 0 Å². The average molecular weight is 334 g/mol. The maximum Gasteiger partial charge on any atom is 0.276 e. The third kappa shape index (κ3) is 3.37. The van der Waals surface area contributed by atoms with Crippen molar-refractivity contribution in [2.45, 2.75) is 6.92 Å². The predicted molar refractivity (Wildman–Crippen MR) is 84.5 cm³/mol. The van der Waals surface area contributed by atoms with Gasteiger partial charge >= 0.3 is 0 Å². The maximum atomic E-state index is 12.4. The Morgan fingerprint density at radius 2 is 1.74 bits per heavy atom. The van der Waals surface area contributed by atoms with Gasteiger partial charge in [-0.1, -0.05) is 22.8 Å². The molecule has 1 saturated heterocycles. The van der Waals surface area contributed by atoms with Gasteiger partial charge in [0.1, 0.15) is 5.76 Å². The molecular formula is C16H16ClN3O3. The van der Waals surface area contributed by atoms with E-state index in [9.17, 15) is 9.59 Å². The summed E-state index contributed by atoms with van der Waals surface area (Å²) in [4.78, 5) is 28.1. The molecular weight excluding hydrogens is 318 g/mol. The maximum absolute atomic E-state index is 12.4. The Balaban J connectivity index is 1.62. The molecule has 0 N–H and O–H groups in total. The first-order chi connectivity index (χ1) is 11.0. The van der Waals surface area contributed by atoms with Crippen LogP contribution in [0.4, 0.5) is 0 Å². The van der Waals surface area contributed by atoms with E-state index >= 15 is 0 Å². The molecule has 1 aromatic carbocycles. The fraction of sp³-hybridized carbons (Fsp3) is 0.312. The molecule has 120 valence electrons. The van der Waals surface area contributed by atoms with Gasteiger partial charge in [-0.15, -0.1) is 0 Å². The summed E-state index contributed by atoms with van der Waals surface area (Å²) < 4.78 is 4.93. The monoisotopic (exact) mass is 333 g/mol. The summed E-state index contributed by atoms with van der Waals surface area (Å²) in [6.07, 6.45) is 0. The van der Waals surface area contributed by atoms with Gasteiger partial charge in [-0.3, -0.25) is 9.59 Å². The molecule has 1 fully saturated rings. The summed E-state index contributed by atoms with van der Waals surface area (Å²) in [7, 11) is 0. The van der Waals surface area contributed by atoms with Crippen LogP contribution >= 0.6 is 11.6 Å². The van der Waals surface area contributed by atoms with Crippen LogP contribution in [0, 0.1) is 6.92 Å². The highest BCUT2D eigenvalue weighted by atomic mass is 35.5. The summed E-state index contributed by atoms with van der Waals surface area (Å²) in [5.74, 6) is 0.358. The van der Waals surface area contributed by atoms with Crippen molar-refractivity contribution in [3.63, 3.8) is 0 Å². The van der Waals surface area contributed by atoms with Crippen LogP contribution in [0.1, 0.15) is 26.6 Å². The largest absolute Gasteiger partial charge is 0.361 e. The minimum absolute atomic E-state index is 0.0723. The Morgan fingerprint density at radius 1 is 1.09 bits per heavy atom. The van der Waals surface area contributed by atoms with E-state index in [1.807, 2.05) is 0 Å². The van der Waals surface area contributed by atoms with Crippen molar-refractivity contribution in [1.29, 1.82) is 0 Å². The van der Waals surface area contributed by atoms with Crippen LogP contribution < -0.4 is 0 Å². The molecule has 7 heteroatoms. The third-order valence-electron chi connectivity index (χ3n) is 3.77. The van der Waals surface area contributed by atoms with E-state index in [4.69, 9.17) is 16.1 Å². The van der Waals surface area contributed by atoms with Crippen LogP contribution in [-0.2, 0) is 0 Å². The highest BCUT2D eigenvalue weighted by molar-refractivity contribution is 6.30. The molecule has 0 radical (unpaired) electrons.